The molecule has 0 radical (unpaired) electrons. The van der Waals surface area contributed by atoms with Crippen molar-refractivity contribution in [3.63, 3.8) is 0 Å². The van der Waals surface area contributed by atoms with E-state index >= 15 is 0 Å². The summed E-state index contributed by atoms with van der Waals surface area (Å²) in [6.07, 6.45) is 1.42. The zero-order valence-electron chi connectivity index (χ0n) is 19.3. The lowest BCUT2D eigenvalue weighted by Crippen LogP contribution is -2.31. The molecule has 0 spiro atoms. The van der Waals surface area contributed by atoms with Crippen LogP contribution >= 0.6 is 0 Å². The van der Waals surface area contributed by atoms with Crippen molar-refractivity contribution in [2.45, 2.75) is 26.6 Å². The molecule has 0 saturated carbocycles. The highest BCUT2D eigenvalue weighted by molar-refractivity contribution is 5.91. The molecule has 1 N–H and O–H groups in total. The number of nitrogens with zero attached hydrogens (tertiary/aromatic N) is 3. The topological polar surface area (TPSA) is 80.1 Å². The second-order valence-corrected chi connectivity index (χ2v) is 8.44. The van der Waals surface area contributed by atoms with Crippen molar-refractivity contribution in [3.8, 4) is 11.5 Å². The average molecular weight is 451 g/mol. The van der Waals surface area contributed by atoms with Crippen molar-refractivity contribution in [3.05, 3.63) is 77.0 Å². The number of hydrogen-bond acceptors (Lipinski definition) is 7. The van der Waals surface area contributed by atoms with Crippen LogP contribution in [-0.2, 0) is 19.6 Å². The second-order valence-electron chi connectivity index (χ2n) is 8.44. The summed E-state index contributed by atoms with van der Waals surface area (Å²) in [4.78, 5) is 21.0. The molecule has 2 heterocycles. The molecule has 0 aliphatic carbocycles. The van der Waals surface area contributed by atoms with Gasteiger partial charge in [0, 0.05) is 26.2 Å². The van der Waals surface area contributed by atoms with Crippen LogP contribution in [-0.4, -0.2) is 54.7 Å². The van der Waals surface area contributed by atoms with Crippen molar-refractivity contribution in [1.29, 1.82) is 0 Å². The molecule has 3 aromatic rings. The van der Waals surface area contributed by atoms with Crippen molar-refractivity contribution >= 4 is 5.91 Å². The van der Waals surface area contributed by atoms with E-state index < -0.39 is 0 Å². The van der Waals surface area contributed by atoms with Crippen LogP contribution in [0.3, 0.4) is 0 Å². The average Bonchev–Trinajstić information content (AvgIpc) is 3.44. The Kier molecular flexibility index (Phi) is 7.26. The molecule has 33 heavy (non-hydrogen) atoms. The summed E-state index contributed by atoms with van der Waals surface area (Å²) >= 11 is 0. The molecule has 1 aromatic heterocycles. The van der Waals surface area contributed by atoms with Crippen LogP contribution in [0.15, 0.2) is 53.1 Å². The Balaban J connectivity index is 1.47. The monoisotopic (exact) mass is 450 g/mol. The van der Waals surface area contributed by atoms with Gasteiger partial charge in [-0.05, 0) is 49.8 Å². The normalized spacial score (nSPS) is 12.5. The smallest absolute Gasteiger partial charge is 0.273 e. The van der Waals surface area contributed by atoms with Gasteiger partial charge in [-0.2, -0.15) is 0 Å². The molecule has 174 valence electrons. The van der Waals surface area contributed by atoms with E-state index in [1.807, 2.05) is 49.3 Å². The number of ether oxygens (including phenoxy) is 2. The summed E-state index contributed by atoms with van der Waals surface area (Å²) in [7, 11) is 3.92. The third-order valence-corrected chi connectivity index (χ3v) is 5.49. The maximum absolute atomic E-state index is 12.4. The van der Waals surface area contributed by atoms with Gasteiger partial charge in [-0.25, -0.2) is 4.98 Å². The summed E-state index contributed by atoms with van der Waals surface area (Å²) in [5.74, 6) is 1.80. The Bertz CT molecular complexity index is 1100. The zero-order chi connectivity index (χ0) is 23.2. The first-order valence-electron chi connectivity index (χ1n) is 11.0. The number of amides is 1. The molecule has 8 nitrogen and oxygen atoms in total. The highest BCUT2D eigenvalue weighted by atomic mass is 16.7. The van der Waals surface area contributed by atoms with Crippen LogP contribution in [0.25, 0.3) is 0 Å². The van der Waals surface area contributed by atoms with Crippen molar-refractivity contribution in [2.24, 2.45) is 0 Å². The van der Waals surface area contributed by atoms with Gasteiger partial charge in [0.15, 0.2) is 17.2 Å². The van der Waals surface area contributed by atoms with Gasteiger partial charge in [-0.15, -0.1) is 0 Å². The molecule has 4 rings (SSSR count). The number of aromatic nitrogens is 1. The van der Waals surface area contributed by atoms with Crippen molar-refractivity contribution < 1.29 is 18.7 Å². The van der Waals surface area contributed by atoms with E-state index in [-0.39, 0.29) is 12.7 Å². The molecule has 1 amide bonds. The van der Waals surface area contributed by atoms with Gasteiger partial charge >= 0.3 is 0 Å². The Morgan fingerprint density at radius 1 is 1.06 bits per heavy atom. The number of likely N-dealkylation sites (N-methyl/N-ethyl adjacent to an activating group) is 1. The van der Waals surface area contributed by atoms with Crippen LogP contribution in [0.1, 0.15) is 33.1 Å². The fraction of sp³-hybridized carbons (Fsp3) is 0.360. The third kappa shape index (κ3) is 6.12. The quantitative estimate of drug-likeness (QED) is 0.508. The number of nitrogens with one attached hydrogen (secondary N) is 1. The number of benzene rings is 2. The number of carbonyl (C=O) groups excluding carboxylic acids is 1. The van der Waals surface area contributed by atoms with Gasteiger partial charge < -0.3 is 24.1 Å². The van der Waals surface area contributed by atoms with E-state index in [9.17, 15) is 4.79 Å². The molecular formula is C25H30N4O4. The highest BCUT2D eigenvalue weighted by Crippen LogP contribution is 2.33. The number of hydrogen-bond donors (Lipinski definition) is 1. The SMILES string of the molecule is Cc1ccccc1CN(Cc1ccc2c(c1)OCO2)Cc1nc(C(=O)NCCN(C)C)co1. The fourth-order valence-electron chi connectivity index (χ4n) is 3.66. The summed E-state index contributed by atoms with van der Waals surface area (Å²) in [5.41, 5.74) is 3.84. The predicted octanol–water partition coefficient (Wildman–Crippen LogP) is 3.21. The number of aryl methyl sites for hydroxylation is 1. The van der Waals surface area contributed by atoms with E-state index in [0.717, 1.165) is 23.6 Å². The largest absolute Gasteiger partial charge is 0.454 e. The number of fused-ring (bicyclic) bond motifs is 1. The first-order chi connectivity index (χ1) is 16.0. The zero-order valence-corrected chi connectivity index (χ0v) is 19.3. The lowest BCUT2D eigenvalue weighted by atomic mass is 10.1. The van der Waals surface area contributed by atoms with Crippen LogP contribution in [0, 0.1) is 6.92 Å². The number of carbonyl (C=O) groups is 1. The lowest BCUT2D eigenvalue weighted by Gasteiger charge is -2.22. The predicted molar refractivity (Wildman–Crippen MR) is 124 cm³/mol. The molecule has 1 aliphatic heterocycles. The Morgan fingerprint density at radius 2 is 1.88 bits per heavy atom. The van der Waals surface area contributed by atoms with Gasteiger partial charge in [0.25, 0.3) is 5.91 Å². The van der Waals surface area contributed by atoms with Gasteiger partial charge in [0.1, 0.15) is 6.26 Å². The summed E-state index contributed by atoms with van der Waals surface area (Å²) in [5, 5.41) is 2.87. The van der Waals surface area contributed by atoms with Crippen LogP contribution in [0.5, 0.6) is 11.5 Å². The second kappa shape index (κ2) is 10.5. The van der Waals surface area contributed by atoms with Crippen LogP contribution in [0.2, 0.25) is 0 Å². The molecule has 0 fully saturated rings. The Labute approximate surface area is 194 Å². The minimum atomic E-state index is -0.229. The van der Waals surface area contributed by atoms with Gasteiger partial charge in [-0.3, -0.25) is 9.69 Å². The Morgan fingerprint density at radius 3 is 2.70 bits per heavy atom. The summed E-state index contributed by atoms with van der Waals surface area (Å²) in [6, 6.07) is 14.3. The fourth-order valence-corrected chi connectivity index (χ4v) is 3.66. The highest BCUT2D eigenvalue weighted by Gasteiger charge is 2.18. The number of rotatable bonds is 10. The minimum absolute atomic E-state index is 0.229. The van der Waals surface area contributed by atoms with Gasteiger partial charge in [-0.1, -0.05) is 30.3 Å². The molecule has 2 aromatic carbocycles. The minimum Gasteiger partial charge on any atom is -0.454 e. The van der Waals surface area contributed by atoms with E-state index in [2.05, 4.69) is 34.3 Å². The maximum Gasteiger partial charge on any atom is 0.273 e. The standard InChI is InChI=1S/C25H30N4O4/c1-18-6-4-5-7-20(18)14-29(13-19-8-9-22-23(12-19)33-17-32-22)15-24-27-21(16-31-24)25(30)26-10-11-28(2)3/h4-9,12,16H,10-11,13-15,17H2,1-3H3,(H,26,30). The van der Waals surface area contributed by atoms with Gasteiger partial charge in [0.05, 0.1) is 6.54 Å². The maximum atomic E-state index is 12.4. The molecular weight excluding hydrogens is 420 g/mol. The van der Waals surface area contributed by atoms with Crippen molar-refractivity contribution in [1.82, 2.24) is 20.1 Å². The summed E-state index contributed by atoms with van der Waals surface area (Å²) < 4.78 is 16.6. The van der Waals surface area contributed by atoms with Crippen molar-refractivity contribution in [2.75, 3.05) is 34.0 Å². The number of oxazole rings is 1. The lowest BCUT2D eigenvalue weighted by molar-refractivity contribution is 0.0946. The molecule has 0 atom stereocenters. The van der Waals surface area contributed by atoms with Crippen LogP contribution in [0.4, 0.5) is 0 Å². The summed E-state index contributed by atoms with van der Waals surface area (Å²) in [6.45, 7) is 5.52. The molecule has 0 bridgehead atoms. The molecule has 0 unspecified atom stereocenters. The first kappa shape index (κ1) is 22.8. The first-order valence-corrected chi connectivity index (χ1v) is 11.0. The van der Waals surface area contributed by atoms with E-state index in [4.69, 9.17) is 13.9 Å². The van der Waals surface area contributed by atoms with Crippen LogP contribution < -0.4 is 14.8 Å². The third-order valence-electron chi connectivity index (χ3n) is 5.49. The molecule has 0 saturated heterocycles. The molecule has 8 heteroatoms. The van der Waals surface area contributed by atoms with E-state index in [1.165, 1.54) is 17.4 Å². The van der Waals surface area contributed by atoms with Gasteiger partial charge in [0.2, 0.25) is 12.7 Å². The van der Waals surface area contributed by atoms with E-state index in [0.29, 0.717) is 37.8 Å². The molecule has 1 aliphatic rings. The van der Waals surface area contributed by atoms with E-state index in [1.54, 1.807) is 0 Å². The Hall–Kier alpha value is -3.36.